The first-order valence-corrected chi connectivity index (χ1v) is 16.3. The maximum atomic E-state index is 12.8. The molecule has 0 saturated carbocycles. The number of esters is 2. The van der Waals surface area contributed by atoms with Crippen molar-refractivity contribution in [2.24, 2.45) is 0 Å². The number of rotatable bonds is 16. The van der Waals surface area contributed by atoms with Gasteiger partial charge in [0.25, 0.3) is 5.91 Å². The van der Waals surface area contributed by atoms with Crippen molar-refractivity contribution in [3.05, 3.63) is 101 Å². The lowest BCUT2D eigenvalue weighted by molar-refractivity contribution is -0.403. The SMILES string of the molecule is COC(=O)[C@H](CCc1nc2c(C[C@H](NC(=O)OCc3ccccc3)C(=O)O)cccc2o1)NC(=O)[C@@H]([NH3+])CC(=O)OCc1ccccc1.O=C([O-])C(F)(F)F. The molecule has 2 amide bonds. The fourth-order valence-corrected chi connectivity index (χ4v) is 4.69. The molecule has 4 rings (SSSR count). The van der Waals surface area contributed by atoms with Gasteiger partial charge in [-0.1, -0.05) is 72.8 Å². The van der Waals surface area contributed by atoms with Gasteiger partial charge in [-0.05, 0) is 29.2 Å². The van der Waals surface area contributed by atoms with E-state index in [9.17, 15) is 42.3 Å². The summed E-state index contributed by atoms with van der Waals surface area (Å²) in [5, 5.41) is 23.5. The zero-order valence-electron chi connectivity index (χ0n) is 29.2. The molecule has 55 heavy (non-hydrogen) atoms. The number of alkyl carbamates (subject to hydrolysis) is 1. The van der Waals surface area contributed by atoms with Crippen molar-refractivity contribution in [3.63, 3.8) is 0 Å². The number of benzene rings is 3. The van der Waals surface area contributed by atoms with Gasteiger partial charge < -0.3 is 50.0 Å². The third-order valence-corrected chi connectivity index (χ3v) is 7.48. The Labute approximate surface area is 310 Å². The molecule has 3 aromatic carbocycles. The van der Waals surface area contributed by atoms with Gasteiger partial charge in [-0.15, -0.1) is 0 Å². The molecule has 294 valence electrons. The number of aliphatic carboxylic acids is 2. The van der Waals surface area contributed by atoms with E-state index in [1.54, 1.807) is 54.6 Å². The van der Waals surface area contributed by atoms with Crippen LogP contribution in [0.15, 0.2) is 83.3 Å². The van der Waals surface area contributed by atoms with Crippen molar-refractivity contribution in [2.75, 3.05) is 7.11 Å². The number of hydrogen-bond donors (Lipinski definition) is 4. The number of ether oxygens (including phenoxy) is 3. The number of fused-ring (bicyclic) bond motifs is 1. The zero-order chi connectivity index (χ0) is 40.5. The molecule has 6 N–H and O–H groups in total. The molecule has 0 aliphatic heterocycles. The van der Waals surface area contributed by atoms with Crippen LogP contribution in [0.5, 0.6) is 0 Å². The van der Waals surface area contributed by atoms with Gasteiger partial charge in [0, 0.05) is 12.8 Å². The van der Waals surface area contributed by atoms with Gasteiger partial charge >= 0.3 is 30.2 Å². The third-order valence-electron chi connectivity index (χ3n) is 7.48. The van der Waals surface area contributed by atoms with E-state index in [-0.39, 0.29) is 44.8 Å². The van der Waals surface area contributed by atoms with Gasteiger partial charge in [-0.3, -0.25) is 9.59 Å². The van der Waals surface area contributed by atoms with Crippen LogP contribution in [0.2, 0.25) is 0 Å². The molecular weight excluding hydrogens is 737 g/mol. The number of carbonyl (C=O) groups excluding carboxylic acids is 5. The van der Waals surface area contributed by atoms with E-state index < -0.39 is 60.2 Å². The number of nitrogens with zero attached hydrogens (tertiary/aromatic N) is 1. The van der Waals surface area contributed by atoms with Crippen LogP contribution < -0.4 is 21.5 Å². The zero-order valence-corrected chi connectivity index (χ0v) is 29.2. The van der Waals surface area contributed by atoms with E-state index >= 15 is 0 Å². The number of quaternary nitrogens is 1. The van der Waals surface area contributed by atoms with Crippen molar-refractivity contribution in [1.29, 1.82) is 0 Å². The molecule has 4 aromatic rings. The Bertz CT molecular complexity index is 1920. The summed E-state index contributed by atoms with van der Waals surface area (Å²) >= 11 is 0. The molecule has 0 aliphatic rings. The average molecular weight is 775 g/mol. The minimum Gasteiger partial charge on any atom is -0.542 e. The standard InChI is InChI=1S/C34H36N4O10.C2HF3O2/c1-45-33(43)25(36-31(40)24(35)18-29(39)46-19-21-9-4-2-5-10-21)15-16-28-38-30-23(13-8-14-27(30)48-28)17-26(32(41)42)37-34(44)47-20-22-11-6-3-7-12-22;3-2(4,5)1(6)7/h2-14,24-26H,15-20,35H2,1H3,(H,36,40)(H,37,44)(H,41,42);(H,6,7)/t24-,25-,26-;/m0./s1. The molecule has 0 saturated heterocycles. The van der Waals surface area contributed by atoms with Crippen LogP contribution in [0, 0.1) is 0 Å². The van der Waals surface area contributed by atoms with Crippen LogP contribution in [0.4, 0.5) is 18.0 Å². The number of carboxylic acids is 2. The highest BCUT2D eigenvalue weighted by Crippen LogP contribution is 2.22. The normalized spacial score (nSPS) is 12.5. The fraction of sp³-hybridized carbons (Fsp3) is 0.306. The van der Waals surface area contributed by atoms with Crippen LogP contribution in [-0.2, 0) is 64.2 Å². The highest BCUT2D eigenvalue weighted by Gasteiger charge is 2.30. The maximum Gasteiger partial charge on any atom is 0.430 e. The van der Waals surface area contributed by atoms with E-state index in [0.717, 1.165) is 11.1 Å². The lowest BCUT2D eigenvalue weighted by Gasteiger charge is -2.17. The van der Waals surface area contributed by atoms with Crippen molar-refractivity contribution in [1.82, 2.24) is 15.6 Å². The average Bonchev–Trinajstić information content (AvgIpc) is 3.59. The fourth-order valence-electron chi connectivity index (χ4n) is 4.69. The molecule has 3 atom stereocenters. The number of amides is 2. The number of nitrogens with one attached hydrogen (secondary N) is 2. The summed E-state index contributed by atoms with van der Waals surface area (Å²) < 4.78 is 52.6. The Morgan fingerprint density at radius 2 is 1.45 bits per heavy atom. The number of oxazole rings is 1. The second-order valence-electron chi connectivity index (χ2n) is 11.6. The molecule has 0 aliphatic carbocycles. The highest BCUT2D eigenvalue weighted by atomic mass is 19.4. The summed E-state index contributed by atoms with van der Waals surface area (Å²) in [4.78, 5) is 75.2. The van der Waals surface area contributed by atoms with Crippen molar-refractivity contribution < 1.29 is 76.5 Å². The second-order valence-corrected chi connectivity index (χ2v) is 11.6. The molecule has 1 aromatic heterocycles. The van der Waals surface area contributed by atoms with Crippen LogP contribution in [0.3, 0.4) is 0 Å². The van der Waals surface area contributed by atoms with Crippen molar-refractivity contribution in [3.8, 4) is 0 Å². The van der Waals surface area contributed by atoms with E-state index in [4.69, 9.17) is 28.5 Å². The Kier molecular flexibility index (Phi) is 16.1. The molecule has 19 heteroatoms. The summed E-state index contributed by atoms with van der Waals surface area (Å²) in [6, 6.07) is 19.6. The highest BCUT2D eigenvalue weighted by molar-refractivity contribution is 5.89. The number of aromatic nitrogens is 1. The number of para-hydroxylation sites is 1. The number of alkyl halides is 3. The molecule has 0 unspecified atom stereocenters. The predicted molar refractivity (Wildman–Crippen MR) is 180 cm³/mol. The summed E-state index contributed by atoms with van der Waals surface area (Å²) in [5.74, 6) is -6.02. The summed E-state index contributed by atoms with van der Waals surface area (Å²) in [5.41, 5.74) is 6.52. The Balaban J connectivity index is 0.00000106. The van der Waals surface area contributed by atoms with Crippen LogP contribution in [0.25, 0.3) is 11.1 Å². The first-order chi connectivity index (χ1) is 26.1. The third kappa shape index (κ3) is 14.4. The quantitative estimate of drug-likeness (QED) is 0.0929. The Hall–Kier alpha value is -6.50. The van der Waals surface area contributed by atoms with Crippen molar-refractivity contribution in [2.45, 2.75) is 63.2 Å². The van der Waals surface area contributed by atoms with Crippen LogP contribution in [-0.4, -0.2) is 77.4 Å². The van der Waals surface area contributed by atoms with E-state index in [1.807, 2.05) is 24.3 Å². The predicted octanol–water partition coefficient (Wildman–Crippen LogP) is 1.38. The number of aryl methyl sites for hydroxylation is 1. The van der Waals surface area contributed by atoms with Crippen LogP contribution >= 0.6 is 0 Å². The van der Waals surface area contributed by atoms with Gasteiger partial charge in [0.05, 0.1) is 7.11 Å². The van der Waals surface area contributed by atoms with E-state index in [1.165, 1.54) is 7.11 Å². The minimum atomic E-state index is -5.19. The smallest absolute Gasteiger partial charge is 0.430 e. The van der Waals surface area contributed by atoms with Gasteiger partial charge in [-0.25, -0.2) is 19.4 Å². The molecule has 0 fully saturated rings. The minimum absolute atomic E-state index is 0.0228. The molecule has 0 bridgehead atoms. The number of carbonyl (C=O) groups is 6. The lowest BCUT2D eigenvalue weighted by Crippen LogP contribution is -2.69. The second kappa shape index (κ2) is 20.7. The largest absolute Gasteiger partial charge is 0.542 e. The molecule has 0 spiro atoms. The number of hydrogen-bond acceptors (Lipinski definition) is 12. The molecular formula is C36H37F3N4O12. The molecule has 1 heterocycles. The number of methoxy groups -OCH3 is 1. The summed E-state index contributed by atoms with van der Waals surface area (Å²) in [7, 11) is 1.18. The Morgan fingerprint density at radius 1 is 0.873 bits per heavy atom. The van der Waals surface area contributed by atoms with Gasteiger partial charge in [0.1, 0.15) is 43.2 Å². The molecule has 0 radical (unpaired) electrons. The van der Waals surface area contributed by atoms with Gasteiger partial charge in [0.15, 0.2) is 17.5 Å². The first kappa shape index (κ1) is 42.9. The number of halogens is 3. The number of carboxylic acid groups (broad SMARTS) is 2. The first-order valence-electron chi connectivity index (χ1n) is 16.3. The molecule has 16 nitrogen and oxygen atoms in total. The van der Waals surface area contributed by atoms with E-state index in [0.29, 0.717) is 16.7 Å². The lowest BCUT2D eigenvalue weighted by atomic mass is 10.0. The van der Waals surface area contributed by atoms with Crippen LogP contribution in [0.1, 0.15) is 35.4 Å². The Morgan fingerprint density at radius 3 is 2.00 bits per heavy atom. The maximum absolute atomic E-state index is 12.8. The van der Waals surface area contributed by atoms with E-state index in [2.05, 4.69) is 21.4 Å². The van der Waals surface area contributed by atoms with Gasteiger partial charge in [0.2, 0.25) is 0 Å². The topological polar surface area (TPSA) is 251 Å². The van der Waals surface area contributed by atoms with Gasteiger partial charge in [-0.2, -0.15) is 13.2 Å². The summed E-state index contributed by atoms with van der Waals surface area (Å²) in [6.45, 7) is 0.0325. The monoisotopic (exact) mass is 774 g/mol. The summed E-state index contributed by atoms with van der Waals surface area (Å²) in [6.07, 6.45) is -6.35. The van der Waals surface area contributed by atoms with Crippen molar-refractivity contribution >= 4 is 47.0 Å².